The van der Waals surface area contributed by atoms with E-state index < -0.39 is 15.8 Å². The van der Waals surface area contributed by atoms with Crippen LogP contribution in [-0.4, -0.2) is 34.0 Å². The minimum atomic E-state index is -3.83. The minimum absolute atomic E-state index is 0.000105. The van der Waals surface area contributed by atoms with E-state index in [1.807, 2.05) is 4.68 Å². The zero-order chi connectivity index (χ0) is 19.9. The Kier molecular flexibility index (Phi) is 4.80. The van der Waals surface area contributed by atoms with Crippen molar-refractivity contribution in [2.45, 2.75) is 44.7 Å². The second-order valence-corrected chi connectivity index (χ2v) is 8.78. The molecule has 4 rings (SSSR count). The summed E-state index contributed by atoms with van der Waals surface area (Å²) < 4.78 is 48.5. The number of aromatic nitrogens is 3. The molecule has 148 valence electrons. The third-order valence-electron chi connectivity index (χ3n) is 4.98. The van der Waals surface area contributed by atoms with Gasteiger partial charge in [-0.1, -0.05) is 13.0 Å². The lowest BCUT2D eigenvalue weighted by Gasteiger charge is -2.27. The molecule has 0 saturated carbocycles. The number of fused-ring (bicyclic) bond motifs is 1. The first-order valence-corrected chi connectivity index (χ1v) is 10.6. The highest BCUT2D eigenvalue weighted by Crippen LogP contribution is 2.32. The number of oxazole rings is 1. The number of aryl methyl sites for hydroxylation is 2. The van der Waals surface area contributed by atoms with Crippen molar-refractivity contribution >= 4 is 10.0 Å². The lowest BCUT2D eigenvalue weighted by Crippen LogP contribution is -2.36. The molecule has 1 aliphatic rings. The number of hydrogen-bond acceptors (Lipinski definition) is 5. The summed E-state index contributed by atoms with van der Waals surface area (Å²) in [6.07, 6.45) is 4.28. The van der Waals surface area contributed by atoms with Crippen molar-refractivity contribution < 1.29 is 17.2 Å². The molecule has 28 heavy (non-hydrogen) atoms. The fourth-order valence-electron chi connectivity index (χ4n) is 3.59. The average molecular weight is 404 g/mol. The summed E-state index contributed by atoms with van der Waals surface area (Å²) in [5, 5.41) is 4.66. The predicted molar refractivity (Wildman–Crippen MR) is 100 cm³/mol. The van der Waals surface area contributed by atoms with Gasteiger partial charge in [0.25, 0.3) is 0 Å². The van der Waals surface area contributed by atoms with Gasteiger partial charge in [0.15, 0.2) is 6.39 Å². The van der Waals surface area contributed by atoms with Gasteiger partial charge < -0.3 is 4.42 Å². The van der Waals surface area contributed by atoms with Crippen LogP contribution in [0, 0.1) is 12.7 Å². The molecule has 3 aromatic rings. The van der Waals surface area contributed by atoms with Gasteiger partial charge in [0.1, 0.15) is 23.5 Å². The Hall–Kier alpha value is -2.52. The van der Waals surface area contributed by atoms with E-state index in [9.17, 15) is 12.8 Å². The van der Waals surface area contributed by atoms with Gasteiger partial charge in [-0.25, -0.2) is 17.8 Å². The molecule has 0 unspecified atom stereocenters. The smallest absolute Gasteiger partial charge is 0.243 e. The largest absolute Gasteiger partial charge is 0.451 e. The first-order valence-electron chi connectivity index (χ1n) is 9.15. The van der Waals surface area contributed by atoms with Crippen LogP contribution in [0.3, 0.4) is 0 Å². The molecule has 0 radical (unpaired) electrons. The van der Waals surface area contributed by atoms with Crippen LogP contribution in [0.5, 0.6) is 0 Å². The molecule has 0 spiro atoms. The Morgan fingerprint density at radius 3 is 2.86 bits per heavy atom. The van der Waals surface area contributed by atoms with Gasteiger partial charge in [-0.2, -0.15) is 9.40 Å². The van der Waals surface area contributed by atoms with E-state index >= 15 is 0 Å². The zero-order valence-electron chi connectivity index (χ0n) is 15.7. The number of hydrogen-bond donors (Lipinski definition) is 0. The van der Waals surface area contributed by atoms with E-state index in [-0.39, 0.29) is 11.4 Å². The molecule has 7 nitrogen and oxygen atoms in total. The summed E-state index contributed by atoms with van der Waals surface area (Å²) in [6, 6.07) is 3.83. The molecule has 0 amide bonds. The summed E-state index contributed by atoms with van der Waals surface area (Å²) in [7, 11) is -3.83. The zero-order valence-corrected chi connectivity index (χ0v) is 16.5. The van der Waals surface area contributed by atoms with Crippen LogP contribution >= 0.6 is 0 Å². The molecule has 2 aromatic heterocycles. The second kappa shape index (κ2) is 7.14. The first-order chi connectivity index (χ1) is 13.4. The second-order valence-electron chi connectivity index (χ2n) is 6.87. The Morgan fingerprint density at radius 1 is 1.32 bits per heavy atom. The number of benzene rings is 1. The highest BCUT2D eigenvalue weighted by molar-refractivity contribution is 7.89. The van der Waals surface area contributed by atoms with Crippen LogP contribution < -0.4 is 0 Å². The van der Waals surface area contributed by atoms with Gasteiger partial charge in [0.05, 0.1) is 4.90 Å². The van der Waals surface area contributed by atoms with Crippen molar-refractivity contribution in [2.75, 3.05) is 6.54 Å². The molecule has 3 heterocycles. The van der Waals surface area contributed by atoms with Crippen molar-refractivity contribution in [1.29, 1.82) is 0 Å². The Balaban J connectivity index is 1.76. The summed E-state index contributed by atoms with van der Waals surface area (Å²) in [5.74, 6) is -0.569. The van der Waals surface area contributed by atoms with Crippen LogP contribution in [0.15, 0.2) is 40.2 Å². The molecule has 0 fully saturated rings. The molecule has 0 N–H and O–H groups in total. The maximum atomic E-state index is 13.7. The SMILES string of the molecule is CCCn1nc(-c2cocn2)c2c1CCN(S(=O)(=O)c1cc(F)ccc1C)C2. The van der Waals surface area contributed by atoms with Gasteiger partial charge in [0.2, 0.25) is 10.0 Å². The van der Waals surface area contributed by atoms with Gasteiger partial charge in [-0.05, 0) is 31.0 Å². The van der Waals surface area contributed by atoms with Gasteiger partial charge in [-0.3, -0.25) is 4.68 Å². The van der Waals surface area contributed by atoms with Crippen LogP contribution in [0.1, 0.15) is 30.2 Å². The molecule has 0 bridgehead atoms. The monoisotopic (exact) mass is 404 g/mol. The highest BCUT2D eigenvalue weighted by atomic mass is 32.2. The van der Waals surface area contributed by atoms with Crippen LogP contribution in [0.2, 0.25) is 0 Å². The molecule has 1 aliphatic heterocycles. The number of halogens is 1. The molecular formula is C19H21FN4O3S. The Morgan fingerprint density at radius 2 is 2.14 bits per heavy atom. The fourth-order valence-corrected chi connectivity index (χ4v) is 5.24. The third-order valence-corrected chi connectivity index (χ3v) is 6.96. The highest BCUT2D eigenvalue weighted by Gasteiger charge is 2.34. The quantitative estimate of drug-likeness (QED) is 0.653. The maximum Gasteiger partial charge on any atom is 0.243 e. The van der Waals surface area contributed by atoms with Crippen molar-refractivity contribution in [3.63, 3.8) is 0 Å². The molecule has 0 aliphatic carbocycles. The number of nitrogens with zero attached hydrogens (tertiary/aromatic N) is 4. The standard InChI is InChI=1S/C19H21FN4O3S/c1-3-7-24-17-6-8-23(10-15(17)19(22-24)16-11-27-12-21-16)28(25,26)18-9-14(20)5-4-13(18)2/h4-5,9,11-12H,3,6-8,10H2,1-2H3. The van der Waals surface area contributed by atoms with E-state index in [0.29, 0.717) is 29.9 Å². The molecule has 9 heteroatoms. The summed E-state index contributed by atoms with van der Waals surface area (Å²) in [5.41, 5.74) is 3.57. The van der Waals surface area contributed by atoms with Gasteiger partial charge in [0, 0.05) is 37.3 Å². The summed E-state index contributed by atoms with van der Waals surface area (Å²) >= 11 is 0. The van der Waals surface area contributed by atoms with Crippen LogP contribution in [0.25, 0.3) is 11.4 Å². The van der Waals surface area contributed by atoms with Crippen molar-refractivity contribution in [2.24, 2.45) is 0 Å². The maximum absolute atomic E-state index is 13.7. The lowest BCUT2D eigenvalue weighted by atomic mass is 10.1. The Labute approximate surface area is 162 Å². The first kappa shape index (κ1) is 18.8. The Bertz CT molecular complexity index is 1110. The lowest BCUT2D eigenvalue weighted by molar-refractivity contribution is 0.382. The van der Waals surface area contributed by atoms with Crippen LogP contribution in [-0.2, 0) is 29.5 Å². The van der Waals surface area contributed by atoms with Crippen LogP contribution in [0.4, 0.5) is 4.39 Å². The van der Waals surface area contributed by atoms with E-state index in [2.05, 4.69) is 17.0 Å². The number of rotatable bonds is 5. The summed E-state index contributed by atoms with van der Waals surface area (Å²) in [4.78, 5) is 4.18. The van der Waals surface area contributed by atoms with Gasteiger partial charge in [-0.15, -0.1) is 0 Å². The van der Waals surface area contributed by atoms with Crippen molar-refractivity contribution in [3.05, 3.63) is 53.5 Å². The minimum Gasteiger partial charge on any atom is -0.451 e. The van der Waals surface area contributed by atoms with E-state index in [0.717, 1.165) is 30.3 Å². The molecule has 1 aromatic carbocycles. The van der Waals surface area contributed by atoms with Gasteiger partial charge >= 0.3 is 0 Å². The third kappa shape index (κ3) is 3.14. The fraction of sp³-hybridized carbons (Fsp3) is 0.368. The van der Waals surface area contributed by atoms with Crippen molar-refractivity contribution in [3.8, 4) is 11.4 Å². The average Bonchev–Trinajstić information content (AvgIpc) is 3.32. The summed E-state index contributed by atoms with van der Waals surface area (Å²) in [6.45, 7) is 4.96. The topological polar surface area (TPSA) is 81.2 Å². The number of sulfonamides is 1. The van der Waals surface area contributed by atoms with E-state index in [1.54, 1.807) is 6.92 Å². The normalized spacial score (nSPS) is 15.0. The van der Waals surface area contributed by atoms with Crippen molar-refractivity contribution in [1.82, 2.24) is 19.1 Å². The van der Waals surface area contributed by atoms with E-state index in [1.165, 1.54) is 29.1 Å². The van der Waals surface area contributed by atoms with E-state index in [4.69, 9.17) is 4.42 Å². The molecule has 0 saturated heterocycles. The predicted octanol–water partition coefficient (Wildman–Crippen LogP) is 3.14. The molecular weight excluding hydrogens is 383 g/mol. The molecule has 0 atom stereocenters.